The van der Waals surface area contributed by atoms with Crippen LogP contribution in [0.1, 0.15) is 5.56 Å². The summed E-state index contributed by atoms with van der Waals surface area (Å²) in [5.74, 6) is 0. The SMILES string of the molecule is N#Cc1c(-c2ccccc2)cncc1[N+](=O)[O-]. The molecule has 0 radical (unpaired) electrons. The highest BCUT2D eigenvalue weighted by Crippen LogP contribution is 2.28. The Balaban J connectivity index is 2.68. The molecule has 82 valence electrons. The van der Waals surface area contributed by atoms with E-state index in [1.54, 1.807) is 24.3 Å². The Labute approximate surface area is 97.1 Å². The van der Waals surface area contributed by atoms with Crippen LogP contribution in [-0.4, -0.2) is 9.91 Å². The number of aromatic nitrogens is 1. The van der Waals surface area contributed by atoms with Crippen LogP contribution < -0.4 is 0 Å². The lowest BCUT2D eigenvalue weighted by Crippen LogP contribution is -1.96. The van der Waals surface area contributed by atoms with Crippen molar-refractivity contribution in [1.29, 1.82) is 5.26 Å². The predicted octanol–water partition coefficient (Wildman–Crippen LogP) is 2.53. The second-order valence-electron chi connectivity index (χ2n) is 3.32. The van der Waals surface area contributed by atoms with Gasteiger partial charge in [0.25, 0.3) is 0 Å². The molecule has 17 heavy (non-hydrogen) atoms. The largest absolute Gasteiger partial charge is 0.305 e. The third-order valence-electron chi connectivity index (χ3n) is 2.32. The zero-order valence-electron chi connectivity index (χ0n) is 8.70. The minimum Gasteiger partial charge on any atom is -0.258 e. The summed E-state index contributed by atoms with van der Waals surface area (Å²) in [6.07, 6.45) is 2.55. The fourth-order valence-corrected chi connectivity index (χ4v) is 1.54. The molecule has 2 rings (SSSR count). The van der Waals surface area contributed by atoms with Gasteiger partial charge in [-0.3, -0.25) is 15.1 Å². The molecule has 0 N–H and O–H groups in total. The molecule has 0 aliphatic rings. The van der Waals surface area contributed by atoms with Crippen LogP contribution in [-0.2, 0) is 0 Å². The van der Waals surface area contributed by atoms with Crippen molar-refractivity contribution in [2.24, 2.45) is 0 Å². The van der Waals surface area contributed by atoms with Gasteiger partial charge in [-0.05, 0) is 5.56 Å². The van der Waals surface area contributed by atoms with E-state index >= 15 is 0 Å². The van der Waals surface area contributed by atoms with Gasteiger partial charge >= 0.3 is 5.69 Å². The first-order valence-electron chi connectivity index (χ1n) is 4.82. The molecule has 0 spiro atoms. The first-order valence-corrected chi connectivity index (χ1v) is 4.82. The molecule has 5 heteroatoms. The monoisotopic (exact) mass is 225 g/mol. The highest BCUT2D eigenvalue weighted by atomic mass is 16.6. The summed E-state index contributed by atoms with van der Waals surface area (Å²) in [5.41, 5.74) is 0.979. The quantitative estimate of drug-likeness (QED) is 0.581. The van der Waals surface area contributed by atoms with E-state index in [2.05, 4.69) is 4.98 Å². The van der Waals surface area contributed by atoms with Crippen molar-refractivity contribution in [2.75, 3.05) is 0 Å². The van der Waals surface area contributed by atoms with Crippen molar-refractivity contribution >= 4 is 5.69 Å². The van der Waals surface area contributed by atoms with Crippen LogP contribution in [0.4, 0.5) is 5.69 Å². The number of nitrogens with zero attached hydrogens (tertiary/aromatic N) is 3. The van der Waals surface area contributed by atoms with Crippen molar-refractivity contribution in [3.63, 3.8) is 0 Å². The van der Waals surface area contributed by atoms with E-state index in [1.165, 1.54) is 6.20 Å². The lowest BCUT2D eigenvalue weighted by atomic mass is 10.0. The van der Waals surface area contributed by atoms with Gasteiger partial charge in [-0.15, -0.1) is 0 Å². The number of benzene rings is 1. The van der Waals surface area contributed by atoms with Gasteiger partial charge in [0.05, 0.1) is 4.92 Å². The van der Waals surface area contributed by atoms with E-state index in [4.69, 9.17) is 5.26 Å². The molecule has 0 bridgehead atoms. The van der Waals surface area contributed by atoms with Crippen molar-refractivity contribution in [2.45, 2.75) is 0 Å². The molecular formula is C12H7N3O2. The smallest absolute Gasteiger partial charge is 0.258 e. The summed E-state index contributed by atoms with van der Waals surface area (Å²) in [6.45, 7) is 0. The van der Waals surface area contributed by atoms with Gasteiger partial charge in [0.1, 0.15) is 17.8 Å². The van der Waals surface area contributed by atoms with Crippen LogP contribution in [0, 0.1) is 21.4 Å². The van der Waals surface area contributed by atoms with Gasteiger partial charge in [-0.1, -0.05) is 30.3 Å². The van der Waals surface area contributed by atoms with Gasteiger partial charge in [0, 0.05) is 11.8 Å². The van der Waals surface area contributed by atoms with Crippen molar-refractivity contribution < 1.29 is 4.92 Å². The molecule has 0 amide bonds. The van der Waals surface area contributed by atoms with E-state index in [1.807, 2.05) is 12.1 Å². The molecular weight excluding hydrogens is 218 g/mol. The maximum atomic E-state index is 10.8. The first-order chi connectivity index (χ1) is 8.24. The summed E-state index contributed by atoms with van der Waals surface area (Å²) in [5, 5.41) is 19.8. The zero-order valence-corrected chi connectivity index (χ0v) is 8.70. The number of nitro groups is 1. The molecule has 5 nitrogen and oxygen atoms in total. The highest BCUT2D eigenvalue weighted by molar-refractivity contribution is 5.73. The van der Waals surface area contributed by atoms with Crippen LogP contribution in [0.15, 0.2) is 42.7 Å². The van der Waals surface area contributed by atoms with Gasteiger partial charge < -0.3 is 0 Å². The summed E-state index contributed by atoms with van der Waals surface area (Å²) >= 11 is 0. The van der Waals surface area contributed by atoms with E-state index < -0.39 is 4.92 Å². The predicted molar refractivity (Wildman–Crippen MR) is 61.0 cm³/mol. The Bertz CT molecular complexity index is 603. The fraction of sp³-hybridized carbons (Fsp3) is 0. The van der Waals surface area contributed by atoms with E-state index in [-0.39, 0.29) is 11.3 Å². The van der Waals surface area contributed by atoms with Gasteiger partial charge in [-0.25, -0.2) is 0 Å². The van der Waals surface area contributed by atoms with Crippen molar-refractivity contribution in [3.05, 3.63) is 58.4 Å². The Kier molecular flexibility index (Phi) is 2.79. The summed E-state index contributed by atoms with van der Waals surface area (Å²) in [6, 6.07) is 10.9. The Morgan fingerprint density at radius 3 is 2.53 bits per heavy atom. The van der Waals surface area contributed by atoms with Crippen molar-refractivity contribution in [3.8, 4) is 17.2 Å². The molecule has 1 heterocycles. The molecule has 0 saturated carbocycles. The number of pyridine rings is 1. The number of hydrogen-bond acceptors (Lipinski definition) is 4. The minimum atomic E-state index is -0.599. The molecule has 0 unspecified atom stereocenters. The molecule has 1 aromatic carbocycles. The molecule has 1 aromatic heterocycles. The molecule has 0 saturated heterocycles. The lowest BCUT2D eigenvalue weighted by molar-refractivity contribution is -0.385. The number of nitriles is 1. The number of hydrogen-bond donors (Lipinski definition) is 0. The zero-order chi connectivity index (χ0) is 12.3. The third-order valence-corrected chi connectivity index (χ3v) is 2.32. The van der Waals surface area contributed by atoms with Gasteiger partial charge in [0.15, 0.2) is 0 Å². The van der Waals surface area contributed by atoms with E-state index in [0.717, 1.165) is 11.8 Å². The minimum absolute atomic E-state index is 0.0381. The normalized spacial score (nSPS) is 9.59. The summed E-state index contributed by atoms with van der Waals surface area (Å²) in [4.78, 5) is 14.0. The number of rotatable bonds is 2. The van der Waals surface area contributed by atoms with E-state index in [0.29, 0.717) is 5.56 Å². The maximum absolute atomic E-state index is 10.8. The topological polar surface area (TPSA) is 79.8 Å². The van der Waals surface area contributed by atoms with E-state index in [9.17, 15) is 10.1 Å². The average molecular weight is 225 g/mol. The first kappa shape index (κ1) is 10.8. The summed E-state index contributed by atoms with van der Waals surface area (Å²) < 4.78 is 0. The molecule has 0 atom stereocenters. The Hall–Kier alpha value is -2.74. The average Bonchev–Trinajstić information content (AvgIpc) is 2.38. The van der Waals surface area contributed by atoms with Crippen LogP contribution in [0.5, 0.6) is 0 Å². The standard InChI is InChI=1S/C12H7N3O2/c13-6-10-11(9-4-2-1-3-5-9)7-14-8-12(10)15(16)17/h1-5,7-8H. The fourth-order valence-electron chi connectivity index (χ4n) is 1.54. The molecule has 2 aromatic rings. The van der Waals surface area contributed by atoms with Crippen molar-refractivity contribution in [1.82, 2.24) is 4.98 Å². The van der Waals surface area contributed by atoms with Crippen LogP contribution in [0.25, 0.3) is 11.1 Å². The van der Waals surface area contributed by atoms with Crippen LogP contribution >= 0.6 is 0 Å². The lowest BCUT2D eigenvalue weighted by Gasteiger charge is -2.03. The van der Waals surface area contributed by atoms with Crippen LogP contribution in [0.3, 0.4) is 0 Å². The second kappa shape index (κ2) is 4.41. The van der Waals surface area contributed by atoms with Gasteiger partial charge in [-0.2, -0.15) is 5.26 Å². The third kappa shape index (κ3) is 1.96. The van der Waals surface area contributed by atoms with Crippen LogP contribution in [0.2, 0.25) is 0 Å². The molecule has 0 aliphatic heterocycles. The highest BCUT2D eigenvalue weighted by Gasteiger charge is 2.18. The maximum Gasteiger partial charge on any atom is 0.305 e. The van der Waals surface area contributed by atoms with Gasteiger partial charge in [0.2, 0.25) is 0 Å². The Morgan fingerprint density at radius 2 is 1.94 bits per heavy atom. The summed E-state index contributed by atoms with van der Waals surface area (Å²) in [7, 11) is 0. The molecule has 0 aliphatic carbocycles. The second-order valence-corrected chi connectivity index (χ2v) is 3.32. The molecule has 0 fully saturated rings. The Morgan fingerprint density at radius 1 is 1.24 bits per heavy atom.